The summed E-state index contributed by atoms with van der Waals surface area (Å²) < 4.78 is 7.95. The lowest BCUT2D eigenvalue weighted by atomic mass is 9.87. The molecule has 0 aliphatic heterocycles. The topological polar surface area (TPSA) is 39.9 Å². The minimum absolute atomic E-state index is 0.162. The third-order valence-corrected chi connectivity index (χ3v) is 6.61. The Morgan fingerprint density at radius 1 is 0.931 bits per heavy atom. The number of hydrogen-bond acceptors (Lipinski definition) is 5. The van der Waals surface area contributed by atoms with Gasteiger partial charge < -0.3 is 9.30 Å². The first-order chi connectivity index (χ1) is 13.8. The fraction of sp³-hybridized carbons (Fsp3) is 0.391. The van der Waals surface area contributed by atoms with Gasteiger partial charge in [0.05, 0.1) is 12.4 Å². The zero-order valence-electron chi connectivity index (χ0n) is 17.8. The van der Waals surface area contributed by atoms with E-state index in [2.05, 4.69) is 78.9 Å². The van der Waals surface area contributed by atoms with Gasteiger partial charge in [0.15, 0.2) is 5.16 Å². The molecule has 0 saturated carbocycles. The first kappa shape index (κ1) is 21.8. The molecule has 6 heteroatoms. The molecule has 0 spiro atoms. The Morgan fingerprint density at radius 2 is 1.62 bits per heavy atom. The van der Waals surface area contributed by atoms with Crippen LogP contribution in [0.4, 0.5) is 0 Å². The lowest BCUT2D eigenvalue weighted by Crippen LogP contribution is -2.10. The first-order valence-corrected chi connectivity index (χ1v) is 11.7. The Balaban J connectivity index is 1.44. The first-order valence-electron chi connectivity index (χ1n) is 9.77. The molecule has 2 aromatic carbocycles. The largest absolute Gasteiger partial charge is 0.493 e. The molecule has 0 N–H and O–H groups in total. The van der Waals surface area contributed by atoms with Crippen LogP contribution >= 0.6 is 23.5 Å². The van der Waals surface area contributed by atoms with E-state index in [-0.39, 0.29) is 5.41 Å². The summed E-state index contributed by atoms with van der Waals surface area (Å²) in [5.74, 6) is 3.53. The van der Waals surface area contributed by atoms with Crippen LogP contribution in [0.25, 0.3) is 0 Å². The van der Waals surface area contributed by atoms with E-state index in [0.717, 1.165) is 28.2 Å². The zero-order chi connectivity index (χ0) is 20.9. The van der Waals surface area contributed by atoms with E-state index in [9.17, 15) is 0 Å². The molecule has 0 aliphatic carbocycles. The Hall–Kier alpha value is -1.92. The van der Waals surface area contributed by atoms with E-state index >= 15 is 0 Å². The summed E-state index contributed by atoms with van der Waals surface area (Å²) >= 11 is 3.45. The molecule has 29 heavy (non-hydrogen) atoms. The van der Waals surface area contributed by atoms with Crippen LogP contribution in [0, 0.1) is 6.92 Å². The van der Waals surface area contributed by atoms with Crippen molar-refractivity contribution in [2.24, 2.45) is 7.05 Å². The minimum Gasteiger partial charge on any atom is -0.493 e. The molecule has 4 nitrogen and oxygen atoms in total. The van der Waals surface area contributed by atoms with Crippen LogP contribution in [0.2, 0.25) is 0 Å². The number of rotatable bonds is 8. The van der Waals surface area contributed by atoms with Crippen molar-refractivity contribution in [3.05, 3.63) is 65.5 Å². The maximum Gasteiger partial charge on any atom is 0.191 e. The number of benzene rings is 2. The van der Waals surface area contributed by atoms with Gasteiger partial charge in [-0.2, -0.15) is 0 Å². The van der Waals surface area contributed by atoms with Crippen molar-refractivity contribution in [3.63, 3.8) is 0 Å². The Bertz CT molecular complexity index is 913. The molecular formula is C23H29N3OS2. The fourth-order valence-corrected chi connectivity index (χ4v) is 4.34. The predicted octanol–water partition coefficient (Wildman–Crippen LogP) is 5.88. The number of thioether (sulfide) groups is 2. The monoisotopic (exact) mass is 427 g/mol. The second-order valence-corrected chi connectivity index (χ2v) is 10.1. The molecular weight excluding hydrogens is 398 g/mol. The minimum atomic E-state index is 0.162. The van der Waals surface area contributed by atoms with Crippen LogP contribution in [0.3, 0.4) is 0 Å². The van der Waals surface area contributed by atoms with Crippen molar-refractivity contribution in [2.75, 3.05) is 12.4 Å². The smallest absolute Gasteiger partial charge is 0.191 e. The van der Waals surface area contributed by atoms with E-state index in [0.29, 0.717) is 6.61 Å². The molecule has 0 fully saturated rings. The highest BCUT2D eigenvalue weighted by molar-refractivity contribution is 7.99. The van der Waals surface area contributed by atoms with Crippen LogP contribution in [-0.2, 0) is 18.2 Å². The van der Waals surface area contributed by atoms with Gasteiger partial charge in [-0.15, -0.1) is 22.0 Å². The Labute approximate surface area is 182 Å². The molecule has 0 saturated heterocycles. The Morgan fingerprint density at radius 3 is 2.28 bits per heavy atom. The third kappa shape index (κ3) is 6.28. The number of ether oxygens (including phenoxy) is 1. The van der Waals surface area contributed by atoms with Crippen molar-refractivity contribution in [2.45, 2.75) is 48.9 Å². The van der Waals surface area contributed by atoms with Crippen LogP contribution in [0.15, 0.2) is 58.6 Å². The zero-order valence-corrected chi connectivity index (χ0v) is 19.4. The van der Waals surface area contributed by atoms with Gasteiger partial charge >= 0.3 is 0 Å². The Kier molecular flexibility index (Phi) is 7.30. The summed E-state index contributed by atoms with van der Waals surface area (Å²) in [6.07, 6.45) is 0. The average molecular weight is 428 g/mol. The lowest BCUT2D eigenvalue weighted by Gasteiger charge is -2.19. The average Bonchev–Trinajstić information content (AvgIpc) is 3.04. The molecule has 0 atom stereocenters. The summed E-state index contributed by atoms with van der Waals surface area (Å²) in [4.78, 5) is 1.25. The summed E-state index contributed by atoms with van der Waals surface area (Å²) in [6, 6.07) is 17.0. The number of aryl methyl sites for hydroxylation is 1. The van der Waals surface area contributed by atoms with Gasteiger partial charge in [0, 0.05) is 17.7 Å². The lowest BCUT2D eigenvalue weighted by molar-refractivity contribution is 0.343. The van der Waals surface area contributed by atoms with Gasteiger partial charge in [0.1, 0.15) is 11.6 Å². The van der Waals surface area contributed by atoms with Crippen molar-refractivity contribution < 1.29 is 4.74 Å². The number of aromatic nitrogens is 3. The maximum absolute atomic E-state index is 5.87. The van der Waals surface area contributed by atoms with Gasteiger partial charge in [-0.25, -0.2) is 0 Å². The van der Waals surface area contributed by atoms with Crippen molar-refractivity contribution in [1.29, 1.82) is 0 Å². The maximum atomic E-state index is 5.87. The molecule has 3 rings (SSSR count). The molecule has 0 aliphatic rings. The van der Waals surface area contributed by atoms with E-state index in [1.165, 1.54) is 16.0 Å². The molecule has 154 valence electrons. The van der Waals surface area contributed by atoms with Crippen molar-refractivity contribution >= 4 is 23.5 Å². The molecule has 0 radical (unpaired) electrons. The van der Waals surface area contributed by atoms with Crippen molar-refractivity contribution in [1.82, 2.24) is 14.8 Å². The standard InChI is InChI=1S/C23H29N3OS2/c1-17-6-12-20(13-7-17)29-16-21-24-25-22(26(21)5)28-15-14-27-19-10-8-18(9-11-19)23(2,3)4/h6-13H,14-16H2,1-5H3. The highest BCUT2D eigenvalue weighted by atomic mass is 32.2. The molecule has 0 unspecified atom stereocenters. The second kappa shape index (κ2) is 9.72. The highest BCUT2D eigenvalue weighted by Gasteiger charge is 2.13. The van der Waals surface area contributed by atoms with Crippen molar-refractivity contribution in [3.8, 4) is 5.75 Å². The van der Waals surface area contributed by atoms with Gasteiger partial charge in [0.2, 0.25) is 0 Å². The summed E-state index contributed by atoms with van der Waals surface area (Å²) in [7, 11) is 2.03. The summed E-state index contributed by atoms with van der Waals surface area (Å²) in [5, 5.41) is 9.61. The third-order valence-electron chi connectivity index (χ3n) is 4.62. The number of nitrogens with zero attached hydrogens (tertiary/aromatic N) is 3. The van der Waals surface area contributed by atoms with Crippen LogP contribution < -0.4 is 4.74 Å². The van der Waals surface area contributed by atoms with Crippen LogP contribution in [0.1, 0.15) is 37.7 Å². The van der Waals surface area contributed by atoms with Gasteiger partial charge in [-0.3, -0.25) is 0 Å². The predicted molar refractivity (Wildman–Crippen MR) is 123 cm³/mol. The molecule has 3 aromatic rings. The van der Waals surface area contributed by atoms with E-state index in [1.54, 1.807) is 23.5 Å². The molecule has 1 aromatic heterocycles. The van der Waals surface area contributed by atoms with Crippen LogP contribution in [-0.4, -0.2) is 27.1 Å². The quantitative estimate of drug-likeness (QED) is 0.331. The van der Waals surface area contributed by atoms with E-state index < -0.39 is 0 Å². The van der Waals surface area contributed by atoms with Gasteiger partial charge in [-0.05, 0) is 42.2 Å². The SMILES string of the molecule is Cc1ccc(SCc2nnc(SCCOc3ccc(C(C)(C)C)cc3)n2C)cc1. The summed E-state index contributed by atoms with van der Waals surface area (Å²) in [6.45, 7) is 9.39. The molecule has 0 amide bonds. The normalized spacial score (nSPS) is 11.6. The number of hydrogen-bond donors (Lipinski definition) is 0. The summed E-state index contributed by atoms with van der Waals surface area (Å²) in [5.41, 5.74) is 2.75. The fourth-order valence-electron chi connectivity index (χ4n) is 2.72. The highest BCUT2D eigenvalue weighted by Crippen LogP contribution is 2.26. The van der Waals surface area contributed by atoms with E-state index in [1.807, 2.05) is 19.2 Å². The second-order valence-electron chi connectivity index (χ2n) is 8.03. The van der Waals surface area contributed by atoms with Gasteiger partial charge in [-0.1, -0.05) is 62.4 Å². The van der Waals surface area contributed by atoms with Gasteiger partial charge in [0.25, 0.3) is 0 Å². The van der Waals surface area contributed by atoms with Crippen LogP contribution in [0.5, 0.6) is 5.75 Å². The molecule has 0 bridgehead atoms. The molecule has 1 heterocycles. The van der Waals surface area contributed by atoms with E-state index in [4.69, 9.17) is 4.74 Å².